The van der Waals surface area contributed by atoms with Gasteiger partial charge in [-0.3, -0.25) is 4.79 Å². The summed E-state index contributed by atoms with van der Waals surface area (Å²) in [6, 6.07) is 1.51. The highest BCUT2D eigenvalue weighted by molar-refractivity contribution is 7.98. The Morgan fingerprint density at radius 1 is 1.55 bits per heavy atom. The molecule has 1 aliphatic rings. The van der Waals surface area contributed by atoms with Gasteiger partial charge in [0.05, 0.1) is 10.9 Å². The minimum Gasteiger partial charge on any atom is -0.409 e. The predicted molar refractivity (Wildman–Crippen MR) is 83.7 cm³/mol. The molecule has 0 saturated heterocycles. The average molecular weight is 313 g/mol. The molecule has 110 valence electrons. The highest BCUT2D eigenvalue weighted by atomic mass is 32.2. The molecular weight excluding hydrogens is 294 g/mol. The Hall–Kier alpha value is -1.21. The molecule has 1 aliphatic heterocycles. The van der Waals surface area contributed by atoms with Gasteiger partial charge in [-0.1, -0.05) is 19.0 Å². The smallest absolute Gasteiger partial charge is 0.261 e. The zero-order chi connectivity index (χ0) is 14.7. The molecule has 7 heteroatoms. The molecule has 2 heterocycles. The van der Waals surface area contributed by atoms with E-state index in [1.54, 1.807) is 11.3 Å². The summed E-state index contributed by atoms with van der Waals surface area (Å²) >= 11 is 3.44. The van der Waals surface area contributed by atoms with E-state index >= 15 is 0 Å². The van der Waals surface area contributed by atoms with Crippen molar-refractivity contribution in [3.05, 3.63) is 21.4 Å². The second kappa shape index (κ2) is 6.49. The van der Waals surface area contributed by atoms with Gasteiger partial charge in [0.15, 0.2) is 5.84 Å². The number of carbonyl (C=O) groups is 1. The SMILES string of the molecule is CC(C)C(NC(=O)c1cc2c(s1)CCSC2)C(N)=NO. The van der Waals surface area contributed by atoms with Gasteiger partial charge in [-0.2, -0.15) is 11.8 Å². The Labute approximate surface area is 126 Å². The van der Waals surface area contributed by atoms with Crippen LogP contribution in [0, 0.1) is 5.92 Å². The maximum atomic E-state index is 12.3. The molecule has 0 aliphatic carbocycles. The number of hydrogen-bond donors (Lipinski definition) is 3. The van der Waals surface area contributed by atoms with Gasteiger partial charge in [0.25, 0.3) is 5.91 Å². The normalized spacial score (nSPS) is 16.9. The van der Waals surface area contributed by atoms with E-state index in [2.05, 4.69) is 10.5 Å². The number of thioether (sulfide) groups is 1. The first-order valence-electron chi connectivity index (χ1n) is 6.50. The number of nitrogens with zero attached hydrogens (tertiary/aromatic N) is 1. The van der Waals surface area contributed by atoms with E-state index in [1.165, 1.54) is 10.4 Å². The van der Waals surface area contributed by atoms with E-state index in [-0.39, 0.29) is 17.7 Å². The first-order chi connectivity index (χ1) is 9.52. The van der Waals surface area contributed by atoms with Crippen molar-refractivity contribution in [2.75, 3.05) is 5.75 Å². The number of thiophene rings is 1. The summed E-state index contributed by atoms with van der Waals surface area (Å²) in [4.78, 5) is 14.3. The number of nitrogens with two attached hydrogens (primary N) is 1. The van der Waals surface area contributed by atoms with Crippen molar-refractivity contribution in [2.24, 2.45) is 16.8 Å². The third-order valence-electron chi connectivity index (χ3n) is 3.24. The van der Waals surface area contributed by atoms with Gasteiger partial charge >= 0.3 is 0 Å². The minimum absolute atomic E-state index is 0.0326. The topological polar surface area (TPSA) is 87.7 Å². The van der Waals surface area contributed by atoms with Crippen molar-refractivity contribution in [1.82, 2.24) is 5.32 Å². The highest BCUT2D eigenvalue weighted by Crippen LogP contribution is 2.31. The van der Waals surface area contributed by atoms with Crippen LogP contribution in [0.4, 0.5) is 0 Å². The number of amidine groups is 1. The summed E-state index contributed by atoms with van der Waals surface area (Å²) in [6.07, 6.45) is 1.03. The molecule has 1 unspecified atom stereocenters. The maximum Gasteiger partial charge on any atom is 0.261 e. The number of fused-ring (bicyclic) bond motifs is 1. The zero-order valence-corrected chi connectivity index (χ0v) is 13.2. The fourth-order valence-corrected chi connectivity index (χ4v) is 4.39. The molecule has 1 aromatic heterocycles. The summed E-state index contributed by atoms with van der Waals surface area (Å²) in [6.45, 7) is 3.83. The molecular formula is C13H19N3O2S2. The quantitative estimate of drug-likeness (QED) is 0.343. The summed E-state index contributed by atoms with van der Waals surface area (Å²) in [5, 5.41) is 14.6. The van der Waals surface area contributed by atoms with Crippen LogP contribution in [0.25, 0.3) is 0 Å². The van der Waals surface area contributed by atoms with E-state index in [1.807, 2.05) is 31.7 Å². The molecule has 0 radical (unpaired) electrons. The monoisotopic (exact) mass is 313 g/mol. The Kier molecular flexibility index (Phi) is 4.93. The summed E-state index contributed by atoms with van der Waals surface area (Å²) < 4.78 is 0. The van der Waals surface area contributed by atoms with Gasteiger partial charge in [0.2, 0.25) is 0 Å². The lowest BCUT2D eigenvalue weighted by molar-refractivity contribution is 0.0943. The number of aryl methyl sites for hydroxylation is 1. The molecule has 5 nitrogen and oxygen atoms in total. The largest absolute Gasteiger partial charge is 0.409 e. The van der Waals surface area contributed by atoms with E-state index in [4.69, 9.17) is 10.9 Å². The molecule has 2 rings (SSSR count). The van der Waals surface area contributed by atoms with E-state index < -0.39 is 6.04 Å². The van der Waals surface area contributed by atoms with Crippen LogP contribution in [0.15, 0.2) is 11.2 Å². The summed E-state index contributed by atoms with van der Waals surface area (Å²) in [5.41, 5.74) is 6.89. The van der Waals surface area contributed by atoms with Crippen LogP contribution in [0.3, 0.4) is 0 Å². The second-order valence-electron chi connectivity index (χ2n) is 5.08. The van der Waals surface area contributed by atoms with E-state index in [9.17, 15) is 4.79 Å². The van der Waals surface area contributed by atoms with Gasteiger partial charge in [-0.05, 0) is 29.7 Å². The van der Waals surface area contributed by atoms with Crippen LogP contribution in [-0.4, -0.2) is 28.7 Å². The predicted octanol–water partition coefficient (Wildman–Crippen LogP) is 2.04. The molecule has 0 aromatic carbocycles. The zero-order valence-electron chi connectivity index (χ0n) is 11.5. The fourth-order valence-electron chi connectivity index (χ4n) is 2.12. The maximum absolute atomic E-state index is 12.3. The number of nitrogens with one attached hydrogen (secondary N) is 1. The van der Waals surface area contributed by atoms with Crippen molar-refractivity contribution in [1.29, 1.82) is 0 Å². The van der Waals surface area contributed by atoms with Crippen molar-refractivity contribution >= 4 is 34.8 Å². The first-order valence-corrected chi connectivity index (χ1v) is 8.47. The Balaban J connectivity index is 2.12. The average Bonchev–Trinajstić information content (AvgIpc) is 2.87. The number of oxime groups is 1. The number of rotatable bonds is 4. The Morgan fingerprint density at radius 2 is 2.30 bits per heavy atom. The lowest BCUT2D eigenvalue weighted by Gasteiger charge is -2.20. The third-order valence-corrected chi connectivity index (χ3v) is 5.48. The minimum atomic E-state index is -0.457. The molecule has 4 N–H and O–H groups in total. The van der Waals surface area contributed by atoms with E-state index in [0.29, 0.717) is 4.88 Å². The molecule has 0 fully saturated rings. The van der Waals surface area contributed by atoms with Crippen LogP contribution >= 0.6 is 23.1 Å². The standard InChI is InChI=1S/C13H19N3O2S2/c1-7(2)11(12(14)16-18)15-13(17)10-5-8-6-19-4-3-9(8)20-10/h5,7,11,18H,3-4,6H2,1-2H3,(H2,14,16)(H,15,17). The highest BCUT2D eigenvalue weighted by Gasteiger charge is 2.23. The van der Waals surface area contributed by atoms with Gasteiger partial charge in [-0.15, -0.1) is 11.3 Å². The van der Waals surface area contributed by atoms with Crippen LogP contribution in [0.5, 0.6) is 0 Å². The van der Waals surface area contributed by atoms with Gasteiger partial charge in [0.1, 0.15) is 0 Å². The van der Waals surface area contributed by atoms with Gasteiger partial charge < -0.3 is 16.3 Å². The molecule has 20 heavy (non-hydrogen) atoms. The molecule has 0 bridgehead atoms. The van der Waals surface area contributed by atoms with Crippen LogP contribution in [0.1, 0.15) is 34.0 Å². The van der Waals surface area contributed by atoms with Crippen molar-refractivity contribution in [2.45, 2.75) is 32.1 Å². The third kappa shape index (κ3) is 3.27. The Bertz CT molecular complexity index is 502. The van der Waals surface area contributed by atoms with E-state index in [0.717, 1.165) is 17.9 Å². The number of hydrogen-bond acceptors (Lipinski definition) is 5. The van der Waals surface area contributed by atoms with Crippen molar-refractivity contribution < 1.29 is 10.0 Å². The lowest BCUT2D eigenvalue weighted by Crippen LogP contribution is -2.47. The first kappa shape index (κ1) is 15.2. The Morgan fingerprint density at radius 3 is 2.90 bits per heavy atom. The number of amides is 1. The molecule has 1 amide bonds. The lowest BCUT2D eigenvalue weighted by atomic mass is 10.0. The van der Waals surface area contributed by atoms with Crippen molar-refractivity contribution in [3.63, 3.8) is 0 Å². The summed E-state index contributed by atoms with van der Waals surface area (Å²) in [7, 11) is 0. The fraction of sp³-hybridized carbons (Fsp3) is 0.538. The second-order valence-corrected chi connectivity index (χ2v) is 7.32. The van der Waals surface area contributed by atoms with Gasteiger partial charge in [-0.25, -0.2) is 0 Å². The van der Waals surface area contributed by atoms with Gasteiger partial charge in [0, 0.05) is 10.6 Å². The molecule has 1 aromatic rings. The molecule has 1 atom stereocenters. The summed E-state index contributed by atoms with van der Waals surface area (Å²) in [5.74, 6) is 2.03. The molecule has 0 spiro atoms. The number of carbonyl (C=O) groups excluding carboxylic acids is 1. The van der Waals surface area contributed by atoms with Crippen LogP contribution < -0.4 is 11.1 Å². The van der Waals surface area contributed by atoms with Crippen LogP contribution in [0.2, 0.25) is 0 Å². The van der Waals surface area contributed by atoms with Crippen molar-refractivity contribution in [3.8, 4) is 0 Å². The van der Waals surface area contributed by atoms with Crippen LogP contribution in [-0.2, 0) is 12.2 Å². The molecule has 0 saturated carbocycles.